The number of amides is 1. The number of fused-ring (bicyclic) bond motifs is 1. The van der Waals surface area contributed by atoms with Crippen molar-refractivity contribution in [3.8, 4) is 11.5 Å². The molecule has 1 aliphatic carbocycles. The van der Waals surface area contributed by atoms with Crippen LogP contribution in [-0.2, 0) is 24.2 Å². The minimum absolute atomic E-state index is 0.119. The van der Waals surface area contributed by atoms with Gasteiger partial charge < -0.3 is 14.8 Å². The van der Waals surface area contributed by atoms with Crippen LogP contribution in [0.15, 0.2) is 29.1 Å². The Labute approximate surface area is 158 Å². The van der Waals surface area contributed by atoms with Crippen LogP contribution >= 0.6 is 0 Å². The first-order valence-corrected chi connectivity index (χ1v) is 9.21. The van der Waals surface area contributed by atoms with Crippen LogP contribution in [0.4, 0.5) is 0 Å². The lowest BCUT2D eigenvalue weighted by Gasteiger charge is -2.16. The van der Waals surface area contributed by atoms with Crippen molar-refractivity contribution in [2.45, 2.75) is 39.2 Å². The second-order valence-electron chi connectivity index (χ2n) is 6.68. The van der Waals surface area contributed by atoms with Crippen molar-refractivity contribution in [2.75, 3.05) is 20.3 Å². The summed E-state index contributed by atoms with van der Waals surface area (Å²) in [6, 6.07) is 7.19. The molecule has 3 rings (SSSR count). The van der Waals surface area contributed by atoms with E-state index in [1.165, 1.54) is 4.68 Å². The highest BCUT2D eigenvalue weighted by molar-refractivity contribution is 5.77. The first kappa shape index (κ1) is 18.9. The van der Waals surface area contributed by atoms with E-state index in [0.717, 1.165) is 42.5 Å². The molecule has 144 valence electrons. The maximum absolute atomic E-state index is 12.1. The summed E-state index contributed by atoms with van der Waals surface area (Å²) in [7, 11) is 1.56. The van der Waals surface area contributed by atoms with Gasteiger partial charge in [-0.3, -0.25) is 9.59 Å². The zero-order valence-electron chi connectivity index (χ0n) is 15.8. The summed E-state index contributed by atoms with van der Waals surface area (Å²) in [5.41, 5.74) is 2.99. The number of nitrogens with zero attached hydrogens (tertiary/aromatic N) is 2. The van der Waals surface area contributed by atoms with Gasteiger partial charge in [-0.05, 0) is 55.9 Å². The van der Waals surface area contributed by atoms with Crippen molar-refractivity contribution in [1.29, 1.82) is 0 Å². The molecule has 1 aromatic heterocycles. The molecule has 0 saturated carbocycles. The maximum Gasteiger partial charge on any atom is 0.267 e. The fourth-order valence-electron chi connectivity index (χ4n) is 3.15. The van der Waals surface area contributed by atoms with E-state index >= 15 is 0 Å². The summed E-state index contributed by atoms with van der Waals surface area (Å²) in [5, 5.41) is 7.19. The number of hydrogen-bond donors (Lipinski definition) is 1. The molecule has 7 heteroatoms. The molecule has 0 radical (unpaired) electrons. The smallest absolute Gasteiger partial charge is 0.267 e. The molecular formula is C20H25N3O4. The standard InChI is InChI=1S/C20H25N3O4/c1-14-7-8-17(18(11-14)26-2)27-13-19(24)21-9-10-23-20(25)12-15-5-3-4-6-16(15)22-23/h7-8,11-12H,3-6,9-10,13H2,1-2H3,(H,21,24). The number of carbonyl (C=O) groups is 1. The molecule has 0 fully saturated rings. The summed E-state index contributed by atoms with van der Waals surface area (Å²) in [5.74, 6) is 0.849. The third-order valence-corrected chi connectivity index (χ3v) is 4.60. The Morgan fingerprint density at radius 3 is 2.85 bits per heavy atom. The number of ether oxygens (including phenoxy) is 2. The van der Waals surface area contributed by atoms with Gasteiger partial charge in [0, 0.05) is 12.6 Å². The molecule has 0 aliphatic heterocycles. The topological polar surface area (TPSA) is 82.4 Å². The largest absolute Gasteiger partial charge is 0.493 e. The molecule has 1 N–H and O–H groups in total. The Morgan fingerprint density at radius 1 is 1.22 bits per heavy atom. The van der Waals surface area contributed by atoms with E-state index in [4.69, 9.17) is 9.47 Å². The van der Waals surface area contributed by atoms with Crippen molar-refractivity contribution < 1.29 is 14.3 Å². The molecule has 1 heterocycles. The third-order valence-electron chi connectivity index (χ3n) is 4.60. The first-order chi connectivity index (χ1) is 13.1. The lowest BCUT2D eigenvalue weighted by Crippen LogP contribution is -2.35. The summed E-state index contributed by atoms with van der Waals surface area (Å²) < 4.78 is 12.2. The van der Waals surface area contributed by atoms with Gasteiger partial charge >= 0.3 is 0 Å². The molecule has 1 aromatic carbocycles. The van der Waals surface area contributed by atoms with Crippen LogP contribution in [0, 0.1) is 6.92 Å². The lowest BCUT2D eigenvalue weighted by molar-refractivity contribution is -0.123. The molecule has 2 aromatic rings. The summed E-state index contributed by atoms with van der Waals surface area (Å²) >= 11 is 0. The average molecular weight is 371 g/mol. The first-order valence-electron chi connectivity index (χ1n) is 9.21. The van der Waals surface area contributed by atoms with E-state index in [-0.39, 0.29) is 18.1 Å². The Balaban J connectivity index is 1.49. The Hall–Kier alpha value is -2.83. The molecule has 0 saturated heterocycles. The molecule has 1 amide bonds. The van der Waals surface area contributed by atoms with Crippen molar-refractivity contribution >= 4 is 5.91 Å². The highest BCUT2D eigenvalue weighted by atomic mass is 16.5. The number of rotatable bonds is 7. The summed E-state index contributed by atoms with van der Waals surface area (Å²) in [6.07, 6.45) is 4.05. The van der Waals surface area contributed by atoms with Crippen LogP contribution in [0.1, 0.15) is 29.7 Å². The number of benzene rings is 1. The number of carbonyl (C=O) groups excluding carboxylic acids is 1. The van der Waals surface area contributed by atoms with E-state index in [2.05, 4.69) is 10.4 Å². The van der Waals surface area contributed by atoms with Gasteiger partial charge in [0.25, 0.3) is 11.5 Å². The third kappa shape index (κ3) is 4.87. The normalized spacial score (nSPS) is 13.0. The minimum atomic E-state index is -0.261. The predicted molar refractivity (Wildman–Crippen MR) is 101 cm³/mol. The van der Waals surface area contributed by atoms with Crippen LogP contribution in [0.25, 0.3) is 0 Å². The van der Waals surface area contributed by atoms with E-state index < -0.39 is 0 Å². The van der Waals surface area contributed by atoms with E-state index in [1.54, 1.807) is 19.2 Å². The van der Waals surface area contributed by atoms with Gasteiger partial charge in [0.15, 0.2) is 18.1 Å². The minimum Gasteiger partial charge on any atom is -0.493 e. The van der Waals surface area contributed by atoms with Crippen molar-refractivity contribution in [2.24, 2.45) is 0 Å². The fraction of sp³-hybridized carbons (Fsp3) is 0.450. The number of aryl methyl sites for hydroxylation is 3. The van der Waals surface area contributed by atoms with Gasteiger partial charge in [-0.1, -0.05) is 6.07 Å². The van der Waals surface area contributed by atoms with Crippen LogP contribution in [0.2, 0.25) is 0 Å². The Morgan fingerprint density at radius 2 is 2.04 bits per heavy atom. The zero-order valence-corrected chi connectivity index (χ0v) is 15.8. The summed E-state index contributed by atoms with van der Waals surface area (Å²) in [4.78, 5) is 24.1. The molecule has 27 heavy (non-hydrogen) atoms. The molecule has 0 bridgehead atoms. The highest BCUT2D eigenvalue weighted by Crippen LogP contribution is 2.27. The molecule has 0 atom stereocenters. The second-order valence-corrected chi connectivity index (χ2v) is 6.68. The van der Waals surface area contributed by atoms with E-state index in [1.807, 2.05) is 19.1 Å². The molecular weight excluding hydrogens is 346 g/mol. The van der Waals surface area contributed by atoms with Gasteiger partial charge in [-0.25, -0.2) is 4.68 Å². The molecule has 7 nitrogen and oxygen atoms in total. The fourth-order valence-corrected chi connectivity index (χ4v) is 3.15. The van der Waals surface area contributed by atoms with Crippen LogP contribution in [-0.4, -0.2) is 35.9 Å². The van der Waals surface area contributed by atoms with Gasteiger partial charge in [-0.15, -0.1) is 0 Å². The molecule has 0 spiro atoms. The predicted octanol–water partition coefficient (Wildman–Crippen LogP) is 1.63. The highest BCUT2D eigenvalue weighted by Gasteiger charge is 2.13. The zero-order chi connectivity index (χ0) is 19.2. The average Bonchev–Trinajstić information content (AvgIpc) is 2.67. The van der Waals surface area contributed by atoms with Gasteiger partial charge in [0.1, 0.15) is 0 Å². The van der Waals surface area contributed by atoms with Gasteiger partial charge in [0.2, 0.25) is 0 Å². The maximum atomic E-state index is 12.1. The van der Waals surface area contributed by atoms with Gasteiger partial charge in [0.05, 0.1) is 19.3 Å². The second kappa shape index (κ2) is 8.70. The molecule has 1 aliphatic rings. The quantitative estimate of drug-likeness (QED) is 0.800. The SMILES string of the molecule is COc1cc(C)ccc1OCC(=O)NCCn1nc2c(cc1=O)CCCC2. The Kier molecular flexibility index (Phi) is 6.11. The number of nitrogens with one attached hydrogen (secondary N) is 1. The van der Waals surface area contributed by atoms with Crippen LogP contribution < -0.4 is 20.3 Å². The summed E-state index contributed by atoms with van der Waals surface area (Å²) in [6.45, 7) is 2.49. The van der Waals surface area contributed by atoms with E-state index in [9.17, 15) is 9.59 Å². The van der Waals surface area contributed by atoms with Gasteiger partial charge in [-0.2, -0.15) is 5.10 Å². The monoisotopic (exact) mass is 371 g/mol. The number of hydrogen-bond acceptors (Lipinski definition) is 5. The lowest BCUT2D eigenvalue weighted by atomic mass is 9.97. The van der Waals surface area contributed by atoms with Crippen molar-refractivity contribution in [3.05, 3.63) is 51.4 Å². The number of methoxy groups -OCH3 is 1. The Bertz CT molecular complexity index is 876. The van der Waals surface area contributed by atoms with Crippen molar-refractivity contribution in [1.82, 2.24) is 15.1 Å². The van der Waals surface area contributed by atoms with E-state index in [0.29, 0.717) is 24.6 Å². The molecule has 0 unspecified atom stereocenters. The van der Waals surface area contributed by atoms with Crippen molar-refractivity contribution in [3.63, 3.8) is 0 Å². The number of aromatic nitrogens is 2. The van der Waals surface area contributed by atoms with Crippen LogP contribution in [0.3, 0.4) is 0 Å². The van der Waals surface area contributed by atoms with Crippen LogP contribution in [0.5, 0.6) is 11.5 Å².